The van der Waals surface area contributed by atoms with E-state index in [2.05, 4.69) is 10.3 Å². The number of benzene rings is 2. The molecule has 162 valence electrons. The number of amides is 1. The Morgan fingerprint density at radius 3 is 2.35 bits per heavy atom. The van der Waals surface area contributed by atoms with Gasteiger partial charge in [0.2, 0.25) is 0 Å². The van der Waals surface area contributed by atoms with Crippen LogP contribution in [0.4, 0.5) is 5.69 Å². The van der Waals surface area contributed by atoms with Crippen LogP contribution >= 0.6 is 11.6 Å². The van der Waals surface area contributed by atoms with Gasteiger partial charge in [-0.25, -0.2) is 9.78 Å². The number of nitrogens with zero attached hydrogens (tertiary/aromatic N) is 1. The number of carbonyl (C=O) groups excluding carboxylic acids is 2. The normalized spacial score (nSPS) is 10.5. The number of ether oxygens (including phenoxy) is 4. The van der Waals surface area contributed by atoms with Crippen LogP contribution in [0.2, 0.25) is 5.02 Å². The average Bonchev–Trinajstić information content (AvgIpc) is 2.78. The number of rotatable bonds is 7. The fourth-order valence-electron chi connectivity index (χ4n) is 2.86. The van der Waals surface area contributed by atoms with Gasteiger partial charge in [-0.2, -0.15) is 0 Å². The van der Waals surface area contributed by atoms with Gasteiger partial charge in [-0.15, -0.1) is 0 Å². The number of hydrogen-bond donors (Lipinski definition) is 1. The number of aromatic nitrogens is 1. The van der Waals surface area contributed by atoms with Gasteiger partial charge in [0, 0.05) is 28.2 Å². The van der Waals surface area contributed by atoms with Crippen LogP contribution in [0.1, 0.15) is 16.1 Å². The lowest BCUT2D eigenvalue weighted by atomic mass is 10.1. The van der Waals surface area contributed by atoms with Gasteiger partial charge in [0.15, 0.2) is 23.8 Å². The van der Waals surface area contributed by atoms with E-state index in [9.17, 15) is 9.59 Å². The topological polar surface area (TPSA) is 96.0 Å². The molecule has 0 bridgehead atoms. The van der Waals surface area contributed by atoms with E-state index in [4.69, 9.17) is 30.5 Å². The molecule has 1 N–H and O–H groups in total. The minimum absolute atomic E-state index is 0.0305. The number of pyridine rings is 1. The first kappa shape index (κ1) is 22.2. The third kappa shape index (κ3) is 4.97. The van der Waals surface area contributed by atoms with Gasteiger partial charge in [0.05, 0.1) is 26.8 Å². The van der Waals surface area contributed by atoms with Crippen LogP contribution < -0.4 is 19.5 Å². The summed E-state index contributed by atoms with van der Waals surface area (Å²) >= 11 is 6.09. The summed E-state index contributed by atoms with van der Waals surface area (Å²) in [5, 5.41) is 3.80. The number of hydrogen-bond acceptors (Lipinski definition) is 7. The minimum atomic E-state index is -0.639. The van der Waals surface area contributed by atoms with Crippen LogP contribution in [-0.2, 0) is 9.53 Å². The zero-order valence-corrected chi connectivity index (χ0v) is 18.2. The van der Waals surface area contributed by atoms with E-state index in [1.54, 1.807) is 30.3 Å². The molecular formula is C22H21ClN2O6. The maximum Gasteiger partial charge on any atom is 0.356 e. The molecule has 0 saturated carbocycles. The van der Waals surface area contributed by atoms with Crippen molar-refractivity contribution in [3.63, 3.8) is 0 Å². The lowest BCUT2D eigenvalue weighted by Gasteiger charge is -2.14. The second kappa shape index (κ2) is 9.53. The van der Waals surface area contributed by atoms with Gasteiger partial charge in [-0.3, -0.25) is 4.79 Å². The maximum absolute atomic E-state index is 12.4. The average molecular weight is 445 g/mol. The van der Waals surface area contributed by atoms with E-state index in [1.807, 2.05) is 6.92 Å². The Morgan fingerprint density at radius 1 is 1.00 bits per heavy atom. The third-order valence-corrected chi connectivity index (χ3v) is 4.89. The summed E-state index contributed by atoms with van der Waals surface area (Å²) in [6.07, 6.45) is 0. The molecule has 1 amide bonds. The summed E-state index contributed by atoms with van der Waals surface area (Å²) in [4.78, 5) is 28.7. The maximum atomic E-state index is 12.4. The number of fused-ring (bicyclic) bond motifs is 1. The minimum Gasteiger partial charge on any atom is -0.493 e. The molecule has 3 aromatic rings. The largest absolute Gasteiger partial charge is 0.493 e. The van der Waals surface area contributed by atoms with Crippen molar-refractivity contribution >= 4 is 40.1 Å². The highest BCUT2D eigenvalue weighted by Gasteiger charge is 2.17. The second-order valence-electron chi connectivity index (χ2n) is 6.52. The predicted octanol–water partition coefficient (Wildman–Crippen LogP) is 4.02. The van der Waals surface area contributed by atoms with Crippen molar-refractivity contribution in [2.75, 3.05) is 33.3 Å². The molecule has 8 nitrogen and oxygen atoms in total. The molecule has 0 unspecified atom stereocenters. The highest BCUT2D eigenvalue weighted by atomic mass is 35.5. The van der Waals surface area contributed by atoms with Gasteiger partial charge in [-0.1, -0.05) is 17.7 Å². The molecule has 0 aliphatic heterocycles. The predicted molar refractivity (Wildman–Crippen MR) is 117 cm³/mol. The van der Waals surface area contributed by atoms with E-state index in [0.717, 1.165) is 5.56 Å². The molecule has 2 aromatic carbocycles. The zero-order valence-electron chi connectivity index (χ0n) is 17.4. The summed E-state index contributed by atoms with van der Waals surface area (Å²) in [5.41, 5.74) is 1.90. The second-order valence-corrected chi connectivity index (χ2v) is 6.93. The molecule has 0 aliphatic carbocycles. The molecule has 31 heavy (non-hydrogen) atoms. The van der Waals surface area contributed by atoms with Crippen molar-refractivity contribution in [1.29, 1.82) is 0 Å². The van der Waals surface area contributed by atoms with E-state index in [0.29, 0.717) is 33.1 Å². The van der Waals surface area contributed by atoms with Crippen molar-refractivity contribution in [1.82, 2.24) is 4.98 Å². The fraction of sp³-hybridized carbons (Fsp3) is 0.227. The van der Waals surface area contributed by atoms with Crippen molar-refractivity contribution in [2.45, 2.75) is 6.92 Å². The highest BCUT2D eigenvalue weighted by molar-refractivity contribution is 6.31. The number of anilines is 1. The van der Waals surface area contributed by atoms with E-state index >= 15 is 0 Å². The fourth-order valence-corrected chi connectivity index (χ4v) is 3.04. The Labute approximate surface area is 184 Å². The van der Waals surface area contributed by atoms with Crippen molar-refractivity contribution in [3.05, 3.63) is 52.7 Å². The first-order chi connectivity index (χ1) is 14.9. The lowest BCUT2D eigenvalue weighted by molar-refractivity contribution is -0.118. The molecule has 0 radical (unpaired) electrons. The molecule has 0 fully saturated rings. The monoisotopic (exact) mass is 444 g/mol. The molecule has 1 aromatic heterocycles. The smallest absolute Gasteiger partial charge is 0.356 e. The zero-order chi connectivity index (χ0) is 22.5. The number of esters is 1. The van der Waals surface area contributed by atoms with E-state index < -0.39 is 11.9 Å². The number of aryl methyl sites for hydroxylation is 1. The molecule has 9 heteroatoms. The van der Waals surface area contributed by atoms with E-state index in [-0.39, 0.29) is 18.1 Å². The summed E-state index contributed by atoms with van der Waals surface area (Å²) < 4.78 is 21.1. The molecule has 1 heterocycles. The SMILES string of the molecule is COC(=O)c1cc(OCC(=O)Nc2ccc(C)c(Cl)c2)c2cc(OC)c(OC)cc2n1. The van der Waals surface area contributed by atoms with Crippen molar-refractivity contribution < 1.29 is 28.5 Å². The Morgan fingerprint density at radius 2 is 1.71 bits per heavy atom. The van der Waals surface area contributed by atoms with Crippen LogP contribution in [0.5, 0.6) is 17.2 Å². The van der Waals surface area contributed by atoms with Crippen LogP contribution in [0.25, 0.3) is 10.9 Å². The standard InChI is InChI=1S/C22H21ClN2O6/c1-12-5-6-13(7-15(12)23)24-21(26)11-31-18-10-17(22(27)30-4)25-16-9-20(29-3)19(28-2)8-14(16)18/h5-10H,11H2,1-4H3,(H,24,26). The summed E-state index contributed by atoms with van der Waals surface area (Å²) in [7, 11) is 4.25. The van der Waals surface area contributed by atoms with Gasteiger partial charge in [0.1, 0.15) is 5.75 Å². The van der Waals surface area contributed by atoms with Crippen LogP contribution in [0.3, 0.4) is 0 Å². The molecule has 0 spiro atoms. The van der Waals surface area contributed by atoms with Crippen molar-refractivity contribution in [3.8, 4) is 17.2 Å². The number of nitrogens with one attached hydrogen (secondary N) is 1. The first-order valence-electron chi connectivity index (χ1n) is 9.20. The molecule has 0 aliphatic rings. The molecule has 0 atom stereocenters. The number of carbonyl (C=O) groups is 2. The Hall–Kier alpha value is -3.52. The van der Waals surface area contributed by atoms with Gasteiger partial charge < -0.3 is 24.3 Å². The van der Waals surface area contributed by atoms with Crippen molar-refractivity contribution in [2.24, 2.45) is 0 Å². The van der Waals surface area contributed by atoms with Gasteiger partial charge >= 0.3 is 5.97 Å². The van der Waals surface area contributed by atoms with Gasteiger partial charge in [-0.05, 0) is 30.7 Å². The summed E-state index contributed by atoms with van der Waals surface area (Å²) in [6.45, 7) is 1.56. The lowest BCUT2D eigenvalue weighted by Crippen LogP contribution is -2.20. The number of methoxy groups -OCH3 is 3. The Balaban J connectivity index is 1.90. The van der Waals surface area contributed by atoms with E-state index in [1.165, 1.54) is 27.4 Å². The summed E-state index contributed by atoms with van der Waals surface area (Å²) in [5.74, 6) is 0.115. The van der Waals surface area contributed by atoms with Gasteiger partial charge in [0.25, 0.3) is 5.91 Å². The molecular weight excluding hydrogens is 424 g/mol. The molecule has 3 rings (SSSR count). The van der Waals surface area contributed by atoms with Crippen LogP contribution in [0, 0.1) is 6.92 Å². The highest BCUT2D eigenvalue weighted by Crippen LogP contribution is 2.36. The first-order valence-corrected chi connectivity index (χ1v) is 9.58. The summed E-state index contributed by atoms with van der Waals surface area (Å²) in [6, 6.07) is 9.89. The van der Waals surface area contributed by atoms with Crippen LogP contribution in [-0.4, -0.2) is 44.8 Å². The third-order valence-electron chi connectivity index (χ3n) is 4.48. The Kier molecular flexibility index (Phi) is 6.81. The molecule has 0 saturated heterocycles. The Bertz CT molecular complexity index is 1150. The van der Waals surface area contributed by atoms with Crippen LogP contribution in [0.15, 0.2) is 36.4 Å². The quantitative estimate of drug-likeness (QED) is 0.550. The number of halogens is 1.